The van der Waals surface area contributed by atoms with E-state index in [1.165, 1.54) is 13.8 Å². The molecule has 12 heteroatoms. The Morgan fingerprint density at radius 1 is 0.909 bits per heavy atom. The minimum absolute atomic E-state index is 0.242. The van der Waals surface area contributed by atoms with Gasteiger partial charge in [-0.1, -0.05) is 12.1 Å². The summed E-state index contributed by atoms with van der Waals surface area (Å²) in [4.78, 5) is 59.6. The minimum Gasteiger partial charge on any atom is -0.463 e. The third-order valence-electron chi connectivity index (χ3n) is 4.39. The average Bonchev–Trinajstić information content (AvgIpc) is 2.70. The van der Waals surface area contributed by atoms with Crippen LogP contribution in [0, 0.1) is 3.57 Å². The second-order valence-corrected chi connectivity index (χ2v) is 8.27. The number of halogens is 1. The Morgan fingerprint density at radius 2 is 1.52 bits per heavy atom. The molecule has 1 saturated heterocycles. The predicted octanol–water partition coefficient (Wildman–Crippen LogP) is 1.10. The van der Waals surface area contributed by atoms with Crippen molar-refractivity contribution in [3.8, 4) is 0 Å². The van der Waals surface area contributed by atoms with Gasteiger partial charge < -0.3 is 29.0 Å². The van der Waals surface area contributed by atoms with E-state index in [1.54, 1.807) is 24.3 Å². The summed E-state index contributed by atoms with van der Waals surface area (Å²) in [5.41, 5.74) is 0.242. The molecule has 1 amide bonds. The van der Waals surface area contributed by atoms with Gasteiger partial charge in [0.15, 0.2) is 12.2 Å². The first-order chi connectivity index (χ1) is 15.5. The molecule has 33 heavy (non-hydrogen) atoms. The molecule has 1 aromatic carbocycles. The quantitative estimate of drug-likeness (QED) is 0.284. The summed E-state index contributed by atoms with van der Waals surface area (Å²) in [5.74, 6) is -3.43. The van der Waals surface area contributed by atoms with Crippen molar-refractivity contribution >= 4 is 52.4 Å². The van der Waals surface area contributed by atoms with Gasteiger partial charge >= 0.3 is 23.9 Å². The summed E-state index contributed by atoms with van der Waals surface area (Å²) in [6.07, 6.45) is -5.21. The van der Waals surface area contributed by atoms with Crippen LogP contribution in [-0.4, -0.2) is 67.0 Å². The van der Waals surface area contributed by atoms with E-state index in [-0.39, 0.29) is 5.56 Å². The highest BCUT2D eigenvalue weighted by Gasteiger charge is 2.52. The fourth-order valence-electron chi connectivity index (χ4n) is 3.19. The van der Waals surface area contributed by atoms with Gasteiger partial charge in [0.25, 0.3) is 0 Å². The molecule has 1 aliphatic heterocycles. The predicted molar refractivity (Wildman–Crippen MR) is 119 cm³/mol. The molecule has 1 fully saturated rings. The molecule has 2 rings (SSSR count). The van der Waals surface area contributed by atoms with Gasteiger partial charge in [0.05, 0.1) is 5.56 Å². The van der Waals surface area contributed by atoms with Gasteiger partial charge in [-0.15, -0.1) is 0 Å². The smallest absolute Gasteiger partial charge is 0.341 e. The van der Waals surface area contributed by atoms with Crippen LogP contribution in [0.3, 0.4) is 0 Å². The maximum Gasteiger partial charge on any atom is 0.341 e. The summed E-state index contributed by atoms with van der Waals surface area (Å²) < 4.78 is 27.6. The number of amides is 1. The molecule has 5 atom stereocenters. The molecule has 0 saturated carbocycles. The molecular weight excluding hydrogens is 553 g/mol. The zero-order valence-electron chi connectivity index (χ0n) is 18.4. The Kier molecular flexibility index (Phi) is 9.58. The SMILES string of the molecule is CC(=O)NC1C(OC(=O)c2ccccc2I)OC(COC(C)=O)C(OC(C)=O)C1OC(C)=O. The van der Waals surface area contributed by atoms with Crippen LogP contribution < -0.4 is 5.32 Å². The van der Waals surface area contributed by atoms with Crippen molar-refractivity contribution in [1.29, 1.82) is 0 Å². The van der Waals surface area contributed by atoms with Gasteiger partial charge in [0.1, 0.15) is 18.8 Å². The molecule has 1 aromatic rings. The number of rotatable bonds is 7. The third-order valence-corrected chi connectivity index (χ3v) is 5.33. The van der Waals surface area contributed by atoms with Gasteiger partial charge in [0.2, 0.25) is 12.2 Å². The first kappa shape index (κ1) is 26.5. The van der Waals surface area contributed by atoms with Crippen molar-refractivity contribution in [3.05, 3.63) is 33.4 Å². The van der Waals surface area contributed by atoms with Crippen LogP contribution in [0.5, 0.6) is 0 Å². The summed E-state index contributed by atoms with van der Waals surface area (Å²) >= 11 is 1.96. The van der Waals surface area contributed by atoms with Crippen LogP contribution in [0.1, 0.15) is 38.1 Å². The highest BCUT2D eigenvalue weighted by atomic mass is 127. The fourth-order valence-corrected chi connectivity index (χ4v) is 3.79. The normalized spacial score (nSPS) is 24.2. The first-order valence-corrected chi connectivity index (χ1v) is 10.9. The van der Waals surface area contributed by atoms with Crippen LogP contribution in [-0.2, 0) is 42.9 Å². The molecule has 0 aliphatic carbocycles. The second-order valence-electron chi connectivity index (χ2n) is 7.11. The van der Waals surface area contributed by atoms with Crippen LogP contribution in [0.15, 0.2) is 24.3 Å². The van der Waals surface area contributed by atoms with Gasteiger partial charge in [-0.2, -0.15) is 0 Å². The van der Waals surface area contributed by atoms with Crippen molar-refractivity contribution in [2.24, 2.45) is 0 Å². The highest BCUT2D eigenvalue weighted by molar-refractivity contribution is 14.1. The fraction of sp³-hybridized carbons (Fsp3) is 0.476. The second kappa shape index (κ2) is 11.9. The number of nitrogens with one attached hydrogen (secondary N) is 1. The Hall–Kier alpha value is -2.74. The standard InChI is InChI=1S/C21H24INO10/c1-10(24)23-17-19(31-13(4)27)18(30-12(3)26)16(9-29-11(2)25)32-21(17)33-20(28)14-7-5-6-8-15(14)22/h5-8,16-19,21H,9H2,1-4H3,(H,23,24). The van der Waals surface area contributed by atoms with E-state index in [0.717, 1.165) is 13.8 Å². The summed E-state index contributed by atoms with van der Waals surface area (Å²) in [6, 6.07) is 5.40. The van der Waals surface area contributed by atoms with Crippen molar-refractivity contribution < 1.29 is 47.7 Å². The maximum absolute atomic E-state index is 12.8. The number of hydrogen-bond donors (Lipinski definition) is 1. The molecular formula is C21H24INO10. The van der Waals surface area contributed by atoms with Gasteiger partial charge in [-0.05, 0) is 34.7 Å². The van der Waals surface area contributed by atoms with E-state index in [0.29, 0.717) is 3.57 Å². The van der Waals surface area contributed by atoms with Crippen LogP contribution in [0.2, 0.25) is 0 Å². The summed E-state index contributed by atoms with van der Waals surface area (Å²) in [6.45, 7) is 4.23. The lowest BCUT2D eigenvalue weighted by atomic mass is 9.96. The average molecular weight is 577 g/mol. The van der Waals surface area contributed by atoms with Crippen molar-refractivity contribution in [2.75, 3.05) is 6.61 Å². The first-order valence-electron chi connectivity index (χ1n) is 9.85. The molecule has 1 heterocycles. The Morgan fingerprint density at radius 3 is 2.06 bits per heavy atom. The number of benzene rings is 1. The Balaban J connectivity index is 2.45. The maximum atomic E-state index is 12.8. The molecule has 0 bridgehead atoms. The zero-order chi connectivity index (χ0) is 24.7. The van der Waals surface area contributed by atoms with Gasteiger partial charge in [-0.3, -0.25) is 19.2 Å². The Labute approximate surface area is 203 Å². The zero-order valence-corrected chi connectivity index (χ0v) is 20.5. The molecule has 0 spiro atoms. The molecule has 5 unspecified atom stereocenters. The Bertz CT molecular complexity index is 920. The molecule has 1 N–H and O–H groups in total. The van der Waals surface area contributed by atoms with Crippen molar-refractivity contribution in [3.63, 3.8) is 0 Å². The minimum atomic E-state index is -1.46. The molecule has 1 aliphatic rings. The molecule has 180 valence electrons. The number of carbonyl (C=O) groups is 5. The van der Waals surface area contributed by atoms with Gasteiger partial charge in [-0.25, -0.2) is 4.79 Å². The van der Waals surface area contributed by atoms with Crippen LogP contribution >= 0.6 is 22.6 Å². The monoisotopic (exact) mass is 577 g/mol. The van der Waals surface area contributed by atoms with E-state index in [2.05, 4.69) is 5.32 Å². The number of ether oxygens (including phenoxy) is 5. The topological polar surface area (TPSA) is 144 Å². The number of hydrogen-bond acceptors (Lipinski definition) is 10. The van der Waals surface area contributed by atoms with Crippen molar-refractivity contribution in [1.82, 2.24) is 5.32 Å². The highest BCUT2D eigenvalue weighted by Crippen LogP contribution is 2.29. The molecule has 0 radical (unpaired) electrons. The van der Waals surface area contributed by atoms with E-state index in [4.69, 9.17) is 23.7 Å². The summed E-state index contributed by atoms with van der Waals surface area (Å²) in [5, 5.41) is 2.53. The van der Waals surface area contributed by atoms with E-state index >= 15 is 0 Å². The largest absolute Gasteiger partial charge is 0.463 e. The molecule has 0 aromatic heterocycles. The van der Waals surface area contributed by atoms with Crippen LogP contribution in [0.25, 0.3) is 0 Å². The molecule has 11 nitrogen and oxygen atoms in total. The lowest BCUT2D eigenvalue weighted by Crippen LogP contribution is -2.66. The summed E-state index contributed by atoms with van der Waals surface area (Å²) in [7, 11) is 0. The third kappa shape index (κ3) is 7.67. The lowest BCUT2D eigenvalue weighted by molar-refractivity contribution is -0.263. The van der Waals surface area contributed by atoms with E-state index in [9.17, 15) is 24.0 Å². The number of esters is 4. The number of carbonyl (C=O) groups excluding carboxylic acids is 5. The van der Waals surface area contributed by atoms with Crippen LogP contribution in [0.4, 0.5) is 0 Å². The van der Waals surface area contributed by atoms with E-state index < -0.39 is 67.0 Å². The van der Waals surface area contributed by atoms with Crippen molar-refractivity contribution in [2.45, 2.75) is 58.3 Å². The van der Waals surface area contributed by atoms with Gasteiger partial charge in [0, 0.05) is 31.3 Å². The lowest BCUT2D eigenvalue weighted by Gasteiger charge is -2.44. The van der Waals surface area contributed by atoms with E-state index in [1.807, 2.05) is 22.6 Å².